The van der Waals surface area contributed by atoms with E-state index >= 15 is 0 Å². The molecule has 164 valence electrons. The lowest BCUT2D eigenvalue weighted by atomic mass is 9.99. The summed E-state index contributed by atoms with van der Waals surface area (Å²) in [6.45, 7) is -0.457. The van der Waals surface area contributed by atoms with Crippen LogP contribution in [0.15, 0.2) is 40.8 Å². The van der Waals surface area contributed by atoms with Crippen LogP contribution in [0.2, 0.25) is 10.0 Å². The Kier molecular flexibility index (Phi) is 6.18. The largest absolute Gasteiger partial charge is 0.459 e. The zero-order valence-electron chi connectivity index (χ0n) is 15.7. The Morgan fingerprint density at radius 3 is 2.42 bits per heavy atom. The highest BCUT2D eigenvalue weighted by Crippen LogP contribution is 2.30. The average Bonchev–Trinajstić information content (AvgIpc) is 3.16. The predicted octanol–water partition coefficient (Wildman–Crippen LogP) is 1.76. The Morgan fingerprint density at radius 2 is 1.71 bits per heavy atom. The number of carbonyl (C=O) groups excluding carboxylic acids is 1. The molecule has 4 rings (SSSR count). The standard InChI is InChI=1S/C20H17Cl2NO8/c21-10-3-9(4-11(22)6-10)18-23-12-2-1-8(5-13(12)30-18)19(27)29-7-14-15(24)16(25)17(26)20(28)31-14/h1-6,14-17,20,24-26,28H,7H2/t14-,15?,16-,17?,20-/m1/s1. The first-order valence-electron chi connectivity index (χ1n) is 9.15. The van der Waals surface area contributed by atoms with Crippen LogP contribution in [0.4, 0.5) is 0 Å². The van der Waals surface area contributed by atoms with Gasteiger partial charge in [-0.3, -0.25) is 0 Å². The van der Waals surface area contributed by atoms with Gasteiger partial charge in [0, 0.05) is 15.6 Å². The fourth-order valence-electron chi connectivity index (χ4n) is 3.16. The second kappa shape index (κ2) is 8.71. The number of nitrogens with zero attached hydrogens (tertiary/aromatic N) is 1. The Hall–Kier alpha value is -2.24. The number of aromatic nitrogens is 1. The van der Waals surface area contributed by atoms with Crippen LogP contribution in [0.1, 0.15) is 10.4 Å². The number of halogens is 2. The number of fused-ring (bicyclic) bond motifs is 1. The molecule has 0 radical (unpaired) electrons. The van der Waals surface area contributed by atoms with E-state index in [0.29, 0.717) is 26.7 Å². The molecule has 0 amide bonds. The molecule has 2 heterocycles. The highest BCUT2D eigenvalue weighted by atomic mass is 35.5. The van der Waals surface area contributed by atoms with Gasteiger partial charge in [0.2, 0.25) is 5.89 Å². The van der Waals surface area contributed by atoms with E-state index in [-0.39, 0.29) is 11.5 Å². The van der Waals surface area contributed by atoms with Crippen molar-refractivity contribution < 1.29 is 39.1 Å². The fraction of sp³-hybridized carbons (Fsp3) is 0.300. The predicted molar refractivity (Wildman–Crippen MR) is 109 cm³/mol. The van der Waals surface area contributed by atoms with Gasteiger partial charge in [0.25, 0.3) is 0 Å². The van der Waals surface area contributed by atoms with Crippen molar-refractivity contribution in [2.75, 3.05) is 6.61 Å². The van der Waals surface area contributed by atoms with Crippen LogP contribution >= 0.6 is 23.2 Å². The molecule has 1 aromatic heterocycles. The second-order valence-corrected chi connectivity index (χ2v) is 7.87. The number of esters is 1. The molecule has 1 aliphatic rings. The third-order valence-electron chi connectivity index (χ3n) is 4.80. The molecule has 0 spiro atoms. The molecule has 0 bridgehead atoms. The van der Waals surface area contributed by atoms with Crippen molar-refractivity contribution in [1.29, 1.82) is 0 Å². The zero-order chi connectivity index (χ0) is 22.3. The molecule has 5 atom stereocenters. The Morgan fingerprint density at radius 1 is 1.00 bits per heavy atom. The molecule has 4 N–H and O–H groups in total. The summed E-state index contributed by atoms with van der Waals surface area (Å²) >= 11 is 12.0. The maximum Gasteiger partial charge on any atom is 0.338 e. The summed E-state index contributed by atoms with van der Waals surface area (Å²) in [6, 6.07) is 9.35. The lowest BCUT2D eigenvalue weighted by molar-refractivity contribution is -0.286. The number of hydrogen-bond acceptors (Lipinski definition) is 9. The van der Waals surface area contributed by atoms with E-state index in [1.807, 2.05) is 0 Å². The first-order valence-corrected chi connectivity index (χ1v) is 9.90. The zero-order valence-corrected chi connectivity index (χ0v) is 17.2. The number of carbonyl (C=O) groups is 1. The van der Waals surface area contributed by atoms with E-state index in [1.54, 1.807) is 24.3 Å². The van der Waals surface area contributed by atoms with E-state index in [0.717, 1.165) is 0 Å². The van der Waals surface area contributed by atoms with E-state index in [1.165, 1.54) is 12.1 Å². The highest BCUT2D eigenvalue weighted by Gasteiger charge is 2.43. The molecule has 31 heavy (non-hydrogen) atoms. The van der Waals surface area contributed by atoms with Crippen molar-refractivity contribution in [3.05, 3.63) is 52.0 Å². The minimum absolute atomic E-state index is 0.144. The molecule has 2 aromatic carbocycles. The highest BCUT2D eigenvalue weighted by molar-refractivity contribution is 6.35. The van der Waals surface area contributed by atoms with E-state index in [2.05, 4.69) is 4.98 Å². The summed E-state index contributed by atoms with van der Waals surface area (Å²) in [5.41, 5.74) is 1.53. The average molecular weight is 470 g/mol. The van der Waals surface area contributed by atoms with Crippen molar-refractivity contribution in [2.24, 2.45) is 0 Å². The topological polar surface area (TPSA) is 142 Å². The van der Waals surface area contributed by atoms with Crippen LogP contribution in [0.25, 0.3) is 22.6 Å². The minimum atomic E-state index is -1.72. The van der Waals surface area contributed by atoms with Gasteiger partial charge in [-0.15, -0.1) is 0 Å². The molecule has 1 saturated heterocycles. The van der Waals surface area contributed by atoms with Gasteiger partial charge in [-0.25, -0.2) is 9.78 Å². The summed E-state index contributed by atoms with van der Waals surface area (Å²) in [7, 11) is 0. The van der Waals surface area contributed by atoms with Crippen molar-refractivity contribution in [3.63, 3.8) is 0 Å². The van der Waals surface area contributed by atoms with Crippen LogP contribution in [0, 0.1) is 0 Å². The van der Waals surface area contributed by atoms with Crippen LogP contribution in [-0.2, 0) is 9.47 Å². The molecular formula is C20H17Cl2NO8. The van der Waals surface area contributed by atoms with Crippen LogP contribution in [-0.4, -0.2) is 68.7 Å². The maximum absolute atomic E-state index is 12.4. The number of ether oxygens (including phenoxy) is 2. The molecule has 11 heteroatoms. The molecule has 0 aliphatic carbocycles. The van der Waals surface area contributed by atoms with Gasteiger partial charge in [-0.05, 0) is 36.4 Å². The van der Waals surface area contributed by atoms with E-state index < -0.39 is 43.3 Å². The fourth-order valence-corrected chi connectivity index (χ4v) is 3.69. The van der Waals surface area contributed by atoms with Gasteiger partial charge in [-0.2, -0.15) is 0 Å². The lowest BCUT2D eigenvalue weighted by Gasteiger charge is -2.37. The van der Waals surface area contributed by atoms with E-state index in [4.69, 9.17) is 37.1 Å². The van der Waals surface area contributed by atoms with Gasteiger partial charge in [0.15, 0.2) is 11.9 Å². The third-order valence-corrected chi connectivity index (χ3v) is 5.24. The number of benzene rings is 2. The Balaban J connectivity index is 1.49. The number of aliphatic hydroxyl groups excluding tert-OH is 4. The number of oxazole rings is 1. The number of aliphatic hydroxyl groups is 4. The molecule has 9 nitrogen and oxygen atoms in total. The molecular weight excluding hydrogens is 453 g/mol. The van der Waals surface area contributed by atoms with E-state index in [9.17, 15) is 25.2 Å². The summed E-state index contributed by atoms with van der Waals surface area (Å²) in [4.78, 5) is 16.8. The first-order chi connectivity index (χ1) is 14.7. The SMILES string of the molecule is O=C(OC[C@H]1O[C@@H](O)C(O)[C@H](O)C1O)c1ccc2nc(-c3cc(Cl)cc(Cl)c3)oc2c1. The molecule has 3 aromatic rings. The van der Waals surface area contributed by atoms with Crippen molar-refractivity contribution in [1.82, 2.24) is 4.98 Å². The summed E-state index contributed by atoms with van der Waals surface area (Å²) < 4.78 is 15.8. The molecule has 1 fully saturated rings. The van der Waals surface area contributed by atoms with Gasteiger partial charge in [0.1, 0.15) is 36.5 Å². The van der Waals surface area contributed by atoms with Crippen LogP contribution in [0.3, 0.4) is 0 Å². The smallest absolute Gasteiger partial charge is 0.338 e. The minimum Gasteiger partial charge on any atom is -0.459 e. The molecule has 2 unspecified atom stereocenters. The van der Waals surface area contributed by atoms with Gasteiger partial charge >= 0.3 is 5.97 Å². The summed E-state index contributed by atoms with van der Waals surface area (Å²) in [5, 5.41) is 39.5. The molecule has 0 saturated carbocycles. The summed E-state index contributed by atoms with van der Waals surface area (Å²) in [6.07, 6.45) is -7.79. The normalized spacial score (nSPS) is 26.2. The van der Waals surface area contributed by atoms with Crippen molar-refractivity contribution in [2.45, 2.75) is 30.7 Å². The van der Waals surface area contributed by atoms with Gasteiger partial charge in [0.05, 0.1) is 5.56 Å². The third kappa shape index (κ3) is 4.53. The Bertz CT molecular complexity index is 1100. The summed E-state index contributed by atoms with van der Waals surface area (Å²) in [5.74, 6) is -0.485. The maximum atomic E-state index is 12.4. The van der Waals surface area contributed by atoms with Crippen LogP contribution in [0.5, 0.6) is 0 Å². The van der Waals surface area contributed by atoms with Crippen molar-refractivity contribution in [3.8, 4) is 11.5 Å². The Labute approximate surface area is 185 Å². The number of hydrogen-bond donors (Lipinski definition) is 4. The quantitative estimate of drug-likeness (QED) is 0.420. The first kappa shape index (κ1) is 22.0. The van der Waals surface area contributed by atoms with Gasteiger partial charge in [-0.1, -0.05) is 23.2 Å². The monoisotopic (exact) mass is 469 g/mol. The van der Waals surface area contributed by atoms with Gasteiger partial charge < -0.3 is 34.3 Å². The van der Waals surface area contributed by atoms with Crippen molar-refractivity contribution >= 4 is 40.3 Å². The lowest BCUT2D eigenvalue weighted by Crippen LogP contribution is -2.58. The van der Waals surface area contributed by atoms with Crippen LogP contribution < -0.4 is 0 Å². The molecule has 1 aliphatic heterocycles. The second-order valence-electron chi connectivity index (χ2n) is 6.99. The number of rotatable bonds is 4.